The van der Waals surface area contributed by atoms with Gasteiger partial charge in [0, 0.05) is 5.69 Å². The molecule has 2 fully saturated rings. The van der Waals surface area contributed by atoms with E-state index in [1.165, 1.54) is 25.7 Å². The van der Waals surface area contributed by atoms with Crippen LogP contribution in [0.4, 0.5) is 5.69 Å². The monoisotopic (exact) mass is 303 g/mol. The number of carbonyl (C=O) groups excluding carboxylic acids is 2. The average molecular weight is 303 g/mol. The van der Waals surface area contributed by atoms with Crippen LogP contribution >= 0.6 is 0 Å². The first-order chi connectivity index (χ1) is 10.7. The quantitative estimate of drug-likeness (QED) is 0.647. The average Bonchev–Trinajstić information content (AvgIpc) is 3.18. The van der Waals surface area contributed by atoms with Crippen molar-refractivity contribution >= 4 is 17.6 Å². The summed E-state index contributed by atoms with van der Waals surface area (Å²) in [4.78, 5) is 23.7. The molecule has 22 heavy (non-hydrogen) atoms. The van der Waals surface area contributed by atoms with Gasteiger partial charge in [-0.05, 0) is 24.5 Å². The molecule has 2 atom stereocenters. The van der Waals surface area contributed by atoms with E-state index in [9.17, 15) is 9.59 Å². The third kappa shape index (κ3) is 3.85. The summed E-state index contributed by atoms with van der Waals surface area (Å²) in [6, 6.07) is 9.11. The van der Waals surface area contributed by atoms with Gasteiger partial charge in [-0.1, -0.05) is 43.9 Å². The minimum atomic E-state index is -0.743. The topological polar surface area (TPSA) is 67.9 Å². The van der Waals surface area contributed by atoms with Gasteiger partial charge in [0.2, 0.25) is 0 Å². The van der Waals surface area contributed by atoms with Crippen LogP contribution in [-0.2, 0) is 19.1 Å². The van der Waals surface area contributed by atoms with Gasteiger partial charge in [0.05, 0.1) is 6.61 Å². The zero-order chi connectivity index (χ0) is 15.4. The van der Waals surface area contributed by atoms with Crippen LogP contribution in [0.15, 0.2) is 30.3 Å². The number of hydrogen-bond donors (Lipinski definition) is 1. The maximum atomic E-state index is 11.9. The largest absolute Gasteiger partial charge is 0.464 e. The Kier molecular flexibility index (Phi) is 4.73. The summed E-state index contributed by atoms with van der Waals surface area (Å²) in [5.74, 6) is -0.0414. The molecule has 0 bridgehead atoms. The molecule has 5 nitrogen and oxygen atoms in total. The van der Waals surface area contributed by atoms with Crippen molar-refractivity contribution in [2.45, 2.75) is 44.3 Å². The maximum Gasteiger partial charge on any atom is 0.338 e. The van der Waals surface area contributed by atoms with Crippen molar-refractivity contribution in [2.75, 3.05) is 11.9 Å². The fourth-order valence-corrected chi connectivity index (χ4v) is 2.93. The minimum Gasteiger partial charge on any atom is -0.464 e. The normalized spacial score (nSPS) is 24.0. The molecule has 1 aliphatic carbocycles. The lowest BCUT2D eigenvalue weighted by Gasteiger charge is -2.08. The molecule has 1 aromatic rings. The summed E-state index contributed by atoms with van der Waals surface area (Å²) in [5, 5.41) is 2.72. The molecule has 1 saturated carbocycles. The Hall–Kier alpha value is -1.88. The van der Waals surface area contributed by atoms with Gasteiger partial charge in [0.1, 0.15) is 0 Å². The summed E-state index contributed by atoms with van der Waals surface area (Å²) in [7, 11) is 0. The molecule has 0 radical (unpaired) electrons. The van der Waals surface area contributed by atoms with E-state index in [0.29, 0.717) is 18.2 Å². The van der Waals surface area contributed by atoms with Crippen LogP contribution < -0.4 is 5.32 Å². The highest BCUT2D eigenvalue weighted by molar-refractivity contribution is 6.00. The lowest BCUT2D eigenvalue weighted by Crippen LogP contribution is -2.24. The van der Waals surface area contributed by atoms with E-state index >= 15 is 0 Å². The third-order valence-corrected chi connectivity index (χ3v) is 4.27. The van der Waals surface area contributed by atoms with Gasteiger partial charge in [-0.15, -0.1) is 0 Å². The van der Waals surface area contributed by atoms with E-state index in [1.807, 2.05) is 18.2 Å². The molecule has 2 unspecified atom stereocenters. The van der Waals surface area contributed by atoms with Crippen LogP contribution in [0.1, 0.15) is 32.1 Å². The fraction of sp³-hybridized carbons (Fsp3) is 0.529. The zero-order valence-corrected chi connectivity index (χ0v) is 12.5. The van der Waals surface area contributed by atoms with E-state index in [2.05, 4.69) is 5.32 Å². The summed E-state index contributed by atoms with van der Waals surface area (Å²) >= 11 is 0. The number of amides is 1. The van der Waals surface area contributed by atoms with Gasteiger partial charge in [-0.2, -0.15) is 0 Å². The van der Waals surface area contributed by atoms with Gasteiger partial charge < -0.3 is 14.8 Å². The Morgan fingerprint density at radius 3 is 2.59 bits per heavy atom. The lowest BCUT2D eigenvalue weighted by atomic mass is 10.1. The maximum absolute atomic E-state index is 11.9. The third-order valence-electron chi connectivity index (χ3n) is 4.27. The van der Waals surface area contributed by atoms with Crippen LogP contribution in [-0.4, -0.2) is 30.7 Å². The molecule has 1 amide bonds. The number of esters is 1. The Balaban J connectivity index is 1.37. The second-order valence-electron chi connectivity index (χ2n) is 5.94. The SMILES string of the molecule is O=C(Nc1ccccc1)C1OC1C(=O)OCCC1CCCC1. The summed E-state index contributed by atoms with van der Waals surface area (Å²) in [6.07, 6.45) is 4.49. The standard InChI is InChI=1S/C17H21NO4/c19-16(18-13-8-2-1-3-9-13)14-15(22-14)17(20)21-11-10-12-6-4-5-7-12/h1-3,8-9,12,14-15H,4-7,10-11H2,(H,18,19). The molecule has 2 aliphatic rings. The summed E-state index contributed by atoms with van der Waals surface area (Å²) in [6.45, 7) is 0.427. The summed E-state index contributed by atoms with van der Waals surface area (Å²) in [5.41, 5.74) is 0.691. The van der Waals surface area contributed by atoms with Gasteiger partial charge in [-0.25, -0.2) is 4.79 Å². The first-order valence-corrected chi connectivity index (χ1v) is 7.92. The van der Waals surface area contributed by atoms with E-state index < -0.39 is 18.2 Å². The summed E-state index contributed by atoms with van der Waals surface area (Å²) < 4.78 is 10.4. The van der Waals surface area contributed by atoms with Gasteiger partial charge in [0.15, 0.2) is 12.2 Å². The van der Waals surface area contributed by atoms with Crippen molar-refractivity contribution < 1.29 is 19.1 Å². The molecule has 1 N–H and O–H groups in total. The number of epoxide rings is 1. The van der Waals surface area contributed by atoms with E-state index in [4.69, 9.17) is 9.47 Å². The lowest BCUT2D eigenvalue weighted by molar-refractivity contribution is -0.145. The number of anilines is 1. The van der Waals surface area contributed by atoms with Crippen LogP contribution in [0.3, 0.4) is 0 Å². The first kappa shape index (κ1) is 15.0. The molecule has 1 heterocycles. The Morgan fingerprint density at radius 1 is 1.14 bits per heavy atom. The molecule has 3 rings (SSSR count). The molecule has 1 saturated heterocycles. The number of hydrogen-bond acceptors (Lipinski definition) is 4. The van der Waals surface area contributed by atoms with Crippen molar-refractivity contribution in [2.24, 2.45) is 5.92 Å². The number of nitrogens with one attached hydrogen (secondary N) is 1. The van der Waals surface area contributed by atoms with Crippen molar-refractivity contribution in [3.63, 3.8) is 0 Å². The molecule has 0 spiro atoms. The Labute approximate surface area is 130 Å². The molecule has 1 aliphatic heterocycles. The molecule has 1 aromatic carbocycles. The fourth-order valence-electron chi connectivity index (χ4n) is 2.93. The predicted octanol–water partition coefficient (Wildman–Crippen LogP) is 2.52. The second-order valence-corrected chi connectivity index (χ2v) is 5.94. The van der Waals surface area contributed by atoms with Crippen LogP contribution in [0, 0.1) is 5.92 Å². The van der Waals surface area contributed by atoms with Gasteiger partial charge >= 0.3 is 5.97 Å². The number of ether oxygens (including phenoxy) is 2. The van der Waals surface area contributed by atoms with Crippen LogP contribution in [0.25, 0.3) is 0 Å². The Bertz CT molecular complexity index is 525. The highest BCUT2D eigenvalue weighted by Crippen LogP contribution is 2.28. The van der Waals surface area contributed by atoms with Gasteiger partial charge in [0.25, 0.3) is 5.91 Å². The van der Waals surface area contributed by atoms with Crippen LogP contribution in [0.2, 0.25) is 0 Å². The number of benzene rings is 1. The highest BCUT2D eigenvalue weighted by atomic mass is 16.6. The van der Waals surface area contributed by atoms with Crippen molar-refractivity contribution in [1.29, 1.82) is 0 Å². The number of carbonyl (C=O) groups is 2. The van der Waals surface area contributed by atoms with E-state index in [1.54, 1.807) is 12.1 Å². The van der Waals surface area contributed by atoms with Crippen molar-refractivity contribution in [1.82, 2.24) is 0 Å². The molecule has 5 heteroatoms. The molecular formula is C17H21NO4. The molecule has 118 valence electrons. The van der Waals surface area contributed by atoms with E-state index in [-0.39, 0.29) is 5.91 Å². The van der Waals surface area contributed by atoms with Crippen LogP contribution in [0.5, 0.6) is 0 Å². The first-order valence-electron chi connectivity index (χ1n) is 7.92. The minimum absolute atomic E-state index is 0.302. The Morgan fingerprint density at radius 2 is 1.86 bits per heavy atom. The zero-order valence-electron chi connectivity index (χ0n) is 12.5. The van der Waals surface area contributed by atoms with Crippen molar-refractivity contribution in [3.05, 3.63) is 30.3 Å². The van der Waals surface area contributed by atoms with Crippen molar-refractivity contribution in [3.8, 4) is 0 Å². The van der Waals surface area contributed by atoms with E-state index in [0.717, 1.165) is 6.42 Å². The molecule has 0 aromatic heterocycles. The molecular weight excluding hydrogens is 282 g/mol. The second kappa shape index (κ2) is 6.92. The predicted molar refractivity (Wildman–Crippen MR) is 81.3 cm³/mol. The number of rotatable bonds is 6. The number of para-hydroxylation sites is 1. The highest BCUT2D eigenvalue weighted by Gasteiger charge is 2.51. The van der Waals surface area contributed by atoms with Gasteiger partial charge in [-0.3, -0.25) is 4.79 Å². The smallest absolute Gasteiger partial charge is 0.338 e.